The largest absolute Gasteiger partial charge is 0.462 e. The molecule has 0 bridgehead atoms. The van der Waals surface area contributed by atoms with Gasteiger partial charge in [0, 0.05) is 19.3 Å². The summed E-state index contributed by atoms with van der Waals surface area (Å²) >= 11 is 0. The highest BCUT2D eigenvalue weighted by Crippen LogP contribution is 2.17. The van der Waals surface area contributed by atoms with Gasteiger partial charge in [-0.3, -0.25) is 14.4 Å². The van der Waals surface area contributed by atoms with Gasteiger partial charge in [-0.2, -0.15) is 0 Å². The van der Waals surface area contributed by atoms with Crippen LogP contribution >= 0.6 is 0 Å². The first-order valence-corrected chi connectivity index (χ1v) is 35.6. The maximum atomic E-state index is 12.9. The van der Waals surface area contributed by atoms with Crippen LogP contribution in [0.4, 0.5) is 0 Å². The summed E-state index contributed by atoms with van der Waals surface area (Å²) in [6.45, 7) is 6.53. The van der Waals surface area contributed by atoms with Crippen LogP contribution in [0.1, 0.15) is 361 Å². The molecule has 0 aromatic heterocycles. The number of unbranched alkanes of at least 4 members (excludes halogenated alkanes) is 40. The van der Waals surface area contributed by atoms with Crippen molar-refractivity contribution >= 4 is 17.9 Å². The Kier molecular flexibility index (Phi) is 67.2. The molecule has 0 amide bonds. The van der Waals surface area contributed by atoms with Gasteiger partial charge in [0.05, 0.1) is 0 Å². The monoisotopic (exact) mass is 1140 g/mol. The van der Waals surface area contributed by atoms with Crippen LogP contribution in [-0.2, 0) is 28.6 Å². The van der Waals surface area contributed by atoms with Crippen LogP contribution in [0, 0.1) is 0 Å². The van der Waals surface area contributed by atoms with E-state index in [1.54, 1.807) is 0 Å². The zero-order valence-electron chi connectivity index (χ0n) is 54.5. The molecule has 1 atom stereocenters. The fraction of sp³-hybridized carbons (Fsp3) is 0.776. The Morgan fingerprint density at radius 3 is 0.756 bits per heavy atom. The number of rotatable bonds is 65. The number of esters is 3. The lowest BCUT2D eigenvalue weighted by Gasteiger charge is -2.18. The highest BCUT2D eigenvalue weighted by molar-refractivity contribution is 5.71. The van der Waals surface area contributed by atoms with Crippen molar-refractivity contribution in [1.82, 2.24) is 0 Å². The molecule has 6 nitrogen and oxygen atoms in total. The lowest BCUT2D eigenvalue weighted by molar-refractivity contribution is -0.167. The second-order valence-electron chi connectivity index (χ2n) is 23.8. The fourth-order valence-electron chi connectivity index (χ4n) is 10.3. The minimum absolute atomic E-state index is 0.0826. The molecule has 474 valence electrons. The van der Waals surface area contributed by atoms with E-state index in [9.17, 15) is 14.4 Å². The highest BCUT2D eigenvalue weighted by Gasteiger charge is 2.19. The molecule has 0 rings (SSSR count). The van der Waals surface area contributed by atoms with E-state index in [1.165, 1.54) is 205 Å². The molecule has 0 radical (unpaired) electrons. The van der Waals surface area contributed by atoms with Gasteiger partial charge in [-0.25, -0.2) is 0 Å². The standard InChI is InChI=1S/C76H134O6/c1-4-7-10-13-16-19-22-25-28-30-32-33-34-35-36-37-38-39-40-41-42-43-44-46-48-51-54-57-60-63-66-69-75(78)81-72-73(71-80-74(77)68-65-62-59-56-53-50-47-27-24-21-18-15-12-9-6-3)82-76(79)70-67-64-61-58-55-52-49-45-31-29-26-23-20-17-14-11-8-5-2/h9,12,18,20-23,25,27,29-32,47,73H,4-8,10-11,13-17,19,24,26,28,33-46,48-72H2,1-3H3/b12-9-,21-18-,23-20-,25-22-,31-29-,32-30-,47-27-. The van der Waals surface area contributed by atoms with Crippen LogP contribution in [0.25, 0.3) is 0 Å². The molecule has 0 N–H and O–H groups in total. The maximum absolute atomic E-state index is 12.9. The van der Waals surface area contributed by atoms with E-state index in [-0.39, 0.29) is 31.1 Å². The topological polar surface area (TPSA) is 78.9 Å². The molecule has 0 aliphatic heterocycles. The van der Waals surface area contributed by atoms with Crippen molar-refractivity contribution in [3.8, 4) is 0 Å². The first kappa shape index (κ1) is 78.6. The zero-order valence-corrected chi connectivity index (χ0v) is 54.5. The summed E-state index contributed by atoms with van der Waals surface area (Å²) in [5.74, 6) is -0.891. The third-order valence-corrected chi connectivity index (χ3v) is 15.6. The average molecular weight is 1140 g/mol. The first-order chi connectivity index (χ1) is 40.5. The lowest BCUT2D eigenvalue weighted by Crippen LogP contribution is -2.30. The lowest BCUT2D eigenvalue weighted by atomic mass is 10.0. The van der Waals surface area contributed by atoms with Gasteiger partial charge >= 0.3 is 17.9 Å². The zero-order chi connectivity index (χ0) is 59.2. The van der Waals surface area contributed by atoms with Crippen molar-refractivity contribution in [3.05, 3.63) is 85.1 Å². The normalized spacial score (nSPS) is 12.6. The summed E-state index contributed by atoms with van der Waals surface area (Å²) in [4.78, 5) is 38.4. The summed E-state index contributed by atoms with van der Waals surface area (Å²) in [5, 5.41) is 0. The second kappa shape index (κ2) is 70.1. The third-order valence-electron chi connectivity index (χ3n) is 15.6. The number of carbonyl (C=O) groups is 3. The fourth-order valence-corrected chi connectivity index (χ4v) is 10.3. The summed E-state index contributed by atoms with van der Waals surface area (Å²) in [6.07, 6.45) is 93.3. The molecular weight excluding hydrogens is 1010 g/mol. The molecule has 6 heteroatoms. The van der Waals surface area contributed by atoms with Crippen molar-refractivity contribution in [1.29, 1.82) is 0 Å². The summed E-state index contributed by atoms with van der Waals surface area (Å²) < 4.78 is 17.0. The van der Waals surface area contributed by atoms with E-state index in [0.29, 0.717) is 19.3 Å². The van der Waals surface area contributed by atoms with Gasteiger partial charge in [0.15, 0.2) is 6.10 Å². The van der Waals surface area contributed by atoms with Gasteiger partial charge in [-0.15, -0.1) is 0 Å². The molecule has 0 aromatic rings. The predicted octanol–water partition coefficient (Wildman–Crippen LogP) is 24.6. The Morgan fingerprint density at radius 1 is 0.256 bits per heavy atom. The summed E-state index contributed by atoms with van der Waals surface area (Å²) in [5.41, 5.74) is 0. The molecule has 0 fully saturated rings. The Morgan fingerprint density at radius 2 is 0.476 bits per heavy atom. The molecule has 0 aliphatic rings. The van der Waals surface area contributed by atoms with Crippen molar-refractivity contribution in [3.63, 3.8) is 0 Å². The predicted molar refractivity (Wildman–Crippen MR) is 358 cm³/mol. The van der Waals surface area contributed by atoms with E-state index in [2.05, 4.69) is 106 Å². The Hall–Kier alpha value is -3.41. The van der Waals surface area contributed by atoms with Crippen molar-refractivity contribution in [2.24, 2.45) is 0 Å². The van der Waals surface area contributed by atoms with Gasteiger partial charge in [0.25, 0.3) is 0 Å². The quantitative estimate of drug-likeness (QED) is 0.0261. The van der Waals surface area contributed by atoms with Gasteiger partial charge in [0.2, 0.25) is 0 Å². The van der Waals surface area contributed by atoms with E-state index in [0.717, 1.165) is 116 Å². The van der Waals surface area contributed by atoms with Gasteiger partial charge in [-0.05, 0) is 116 Å². The number of hydrogen-bond acceptors (Lipinski definition) is 6. The SMILES string of the molecule is CC/C=C\C/C=C\C/C=C\CCCCCCCC(=O)OCC(COC(=O)CCCCCCCCCCCCCCCCCCCCC/C=C\C/C=C\CCCCCCC)OC(=O)CCCCCCCCC/C=C\C/C=C\CCCCCC. The summed E-state index contributed by atoms with van der Waals surface area (Å²) in [6, 6.07) is 0. The molecule has 1 unspecified atom stereocenters. The van der Waals surface area contributed by atoms with Crippen molar-refractivity contribution in [2.75, 3.05) is 13.2 Å². The van der Waals surface area contributed by atoms with E-state index in [1.807, 2.05) is 0 Å². The van der Waals surface area contributed by atoms with Crippen LogP contribution in [0.5, 0.6) is 0 Å². The van der Waals surface area contributed by atoms with Gasteiger partial charge < -0.3 is 14.2 Å². The van der Waals surface area contributed by atoms with Gasteiger partial charge in [-0.1, -0.05) is 311 Å². The van der Waals surface area contributed by atoms with Crippen LogP contribution in [0.2, 0.25) is 0 Å². The average Bonchev–Trinajstić information content (AvgIpc) is 3.47. The molecule has 0 spiro atoms. The van der Waals surface area contributed by atoms with Gasteiger partial charge in [0.1, 0.15) is 13.2 Å². The number of hydrogen-bond donors (Lipinski definition) is 0. The highest BCUT2D eigenvalue weighted by atomic mass is 16.6. The van der Waals surface area contributed by atoms with Crippen molar-refractivity contribution in [2.45, 2.75) is 367 Å². The molecule has 0 aliphatic carbocycles. The number of allylic oxidation sites excluding steroid dienone is 14. The molecular formula is C76H134O6. The van der Waals surface area contributed by atoms with Crippen LogP contribution in [0.15, 0.2) is 85.1 Å². The number of ether oxygens (including phenoxy) is 3. The maximum Gasteiger partial charge on any atom is 0.306 e. The first-order valence-electron chi connectivity index (χ1n) is 35.6. The minimum Gasteiger partial charge on any atom is -0.462 e. The second-order valence-corrected chi connectivity index (χ2v) is 23.8. The molecule has 0 saturated carbocycles. The number of carbonyl (C=O) groups excluding carboxylic acids is 3. The van der Waals surface area contributed by atoms with Crippen LogP contribution in [0.3, 0.4) is 0 Å². The molecule has 0 saturated heterocycles. The Labute approximate surface area is 509 Å². The molecule has 0 heterocycles. The smallest absolute Gasteiger partial charge is 0.306 e. The van der Waals surface area contributed by atoms with E-state index >= 15 is 0 Å². The van der Waals surface area contributed by atoms with Crippen molar-refractivity contribution < 1.29 is 28.6 Å². The Balaban J connectivity index is 4.23. The van der Waals surface area contributed by atoms with E-state index < -0.39 is 6.10 Å². The van der Waals surface area contributed by atoms with E-state index in [4.69, 9.17) is 14.2 Å². The Bertz CT molecular complexity index is 1550. The minimum atomic E-state index is -0.789. The van der Waals surface area contributed by atoms with Crippen LogP contribution < -0.4 is 0 Å². The third kappa shape index (κ3) is 67.4. The molecule has 0 aromatic carbocycles. The molecule has 82 heavy (non-hydrogen) atoms. The summed E-state index contributed by atoms with van der Waals surface area (Å²) in [7, 11) is 0. The van der Waals surface area contributed by atoms with Crippen LogP contribution in [-0.4, -0.2) is 37.2 Å².